The van der Waals surface area contributed by atoms with Gasteiger partial charge in [0, 0.05) is 57.8 Å². The first-order valence-corrected chi connectivity index (χ1v) is 14.0. The zero-order valence-electron chi connectivity index (χ0n) is 24.0. The Labute approximate surface area is 227 Å². The quantitative estimate of drug-likeness (QED) is 0.404. The van der Waals surface area contributed by atoms with E-state index in [4.69, 9.17) is 14.2 Å². The van der Waals surface area contributed by atoms with Crippen LogP contribution in [-0.4, -0.2) is 93.7 Å². The Balaban J connectivity index is 1.51. The molecule has 1 saturated carbocycles. The van der Waals surface area contributed by atoms with E-state index in [0.29, 0.717) is 53.7 Å². The first-order valence-electron chi connectivity index (χ1n) is 14.0. The van der Waals surface area contributed by atoms with Gasteiger partial charge in [-0.25, -0.2) is 0 Å². The van der Waals surface area contributed by atoms with E-state index in [1.54, 1.807) is 33.5 Å². The van der Waals surface area contributed by atoms with Crippen LogP contribution >= 0.6 is 0 Å². The molecule has 1 saturated heterocycles. The number of amides is 2. The molecule has 0 radical (unpaired) electrons. The Morgan fingerprint density at radius 3 is 2.21 bits per heavy atom. The van der Waals surface area contributed by atoms with E-state index < -0.39 is 0 Å². The number of ether oxygens (including phenoxy) is 3. The lowest BCUT2D eigenvalue weighted by molar-refractivity contribution is -0.133. The highest BCUT2D eigenvalue weighted by molar-refractivity contribution is 5.96. The fourth-order valence-electron chi connectivity index (χ4n) is 6.37. The largest absolute Gasteiger partial charge is 0.493 e. The Bertz CT molecular complexity index is 1020. The van der Waals surface area contributed by atoms with Crippen LogP contribution in [0.2, 0.25) is 0 Å². The summed E-state index contributed by atoms with van der Waals surface area (Å²) in [6.07, 6.45) is 6.19. The molecule has 1 heterocycles. The van der Waals surface area contributed by atoms with Gasteiger partial charge in [-0.15, -0.1) is 0 Å². The summed E-state index contributed by atoms with van der Waals surface area (Å²) in [6, 6.07) is 3.49. The molecule has 210 valence electrons. The van der Waals surface area contributed by atoms with Crippen molar-refractivity contribution in [2.75, 3.05) is 67.1 Å². The van der Waals surface area contributed by atoms with Gasteiger partial charge >= 0.3 is 0 Å². The Morgan fingerprint density at radius 2 is 1.68 bits per heavy atom. The van der Waals surface area contributed by atoms with E-state index >= 15 is 0 Å². The third-order valence-electron chi connectivity index (χ3n) is 9.03. The molecule has 8 nitrogen and oxygen atoms in total. The van der Waals surface area contributed by atoms with Crippen LogP contribution in [-0.2, 0) is 4.79 Å². The van der Waals surface area contributed by atoms with Crippen LogP contribution in [0.5, 0.6) is 17.2 Å². The number of hydrogen-bond acceptors (Lipinski definition) is 6. The maximum Gasteiger partial charge on any atom is 0.254 e. The minimum atomic E-state index is -0.0406. The molecule has 0 spiro atoms. The molecule has 38 heavy (non-hydrogen) atoms. The summed E-state index contributed by atoms with van der Waals surface area (Å²) in [6.45, 7) is 12.0. The molecule has 2 amide bonds. The number of fused-ring (bicyclic) bond motifs is 1. The predicted octanol–water partition coefficient (Wildman–Crippen LogP) is 4.09. The Kier molecular flexibility index (Phi) is 8.91. The molecule has 0 N–H and O–H groups in total. The normalized spacial score (nSPS) is 22.3. The lowest BCUT2D eigenvalue weighted by Gasteiger charge is -2.57. The van der Waals surface area contributed by atoms with Crippen molar-refractivity contribution in [1.29, 1.82) is 0 Å². The summed E-state index contributed by atoms with van der Waals surface area (Å²) in [4.78, 5) is 32.6. The summed E-state index contributed by atoms with van der Waals surface area (Å²) < 4.78 is 16.5. The van der Waals surface area contributed by atoms with Crippen molar-refractivity contribution in [3.05, 3.63) is 29.3 Å². The van der Waals surface area contributed by atoms with Crippen LogP contribution in [0.25, 0.3) is 0 Å². The number of allylic oxidation sites excluding steroid dienone is 1. The number of nitrogens with zero attached hydrogens (tertiary/aromatic N) is 3. The monoisotopic (exact) mass is 527 g/mol. The third-order valence-corrected chi connectivity index (χ3v) is 9.03. The average Bonchev–Trinajstić information content (AvgIpc) is 2.94. The van der Waals surface area contributed by atoms with E-state index in [9.17, 15) is 9.59 Å². The van der Waals surface area contributed by atoms with E-state index in [2.05, 4.69) is 24.8 Å². The van der Waals surface area contributed by atoms with Crippen molar-refractivity contribution in [1.82, 2.24) is 14.7 Å². The van der Waals surface area contributed by atoms with Crippen LogP contribution in [0.1, 0.15) is 56.8 Å². The maximum atomic E-state index is 14.0. The summed E-state index contributed by atoms with van der Waals surface area (Å²) in [7, 11) is 4.69. The van der Waals surface area contributed by atoms with Crippen molar-refractivity contribution in [3.8, 4) is 17.2 Å². The topological polar surface area (TPSA) is 71.6 Å². The number of methoxy groups -OCH3 is 3. The number of hydrogen-bond donors (Lipinski definition) is 0. The Morgan fingerprint density at radius 1 is 1.03 bits per heavy atom. The number of carbonyl (C=O) groups is 2. The molecule has 0 aromatic heterocycles. The molecule has 4 aliphatic rings. The van der Waals surface area contributed by atoms with Crippen LogP contribution in [0.15, 0.2) is 23.8 Å². The van der Waals surface area contributed by atoms with Gasteiger partial charge in [-0.1, -0.05) is 32.4 Å². The number of rotatable bonds is 11. The smallest absolute Gasteiger partial charge is 0.254 e. The maximum absolute atomic E-state index is 14.0. The SMILES string of the molecule is CCCC(=O)N1CCN(CCN(CC2=CCC3CC2C3(C)C)C(=O)c2cc(OC)c(OC)c(OC)c2)CC1. The van der Waals surface area contributed by atoms with Crippen LogP contribution in [0, 0.1) is 17.3 Å². The van der Waals surface area contributed by atoms with E-state index in [1.165, 1.54) is 12.0 Å². The molecule has 2 fully saturated rings. The van der Waals surface area contributed by atoms with Gasteiger partial charge in [0.25, 0.3) is 5.91 Å². The van der Waals surface area contributed by atoms with Gasteiger partial charge in [-0.05, 0) is 48.6 Å². The van der Waals surface area contributed by atoms with Crippen molar-refractivity contribution in [2.45, 2.75) is 46.5 Å². The molecule has 2 unspecified atom stereocenters. The second-order valence-electron chi connectivity index (χ2n) is 11.4. The minimum absolute atomic E-state index is 0.0406. The third kappa shape index (κ3) is 5.65. The molecule has 2 atom stereocenters. The van der Waals surface area contributed by atoms with Crippen molar-refractivity contribution < 1.29 is 23.8 Å². The summed E-state index contributed by atoms with van der Waals surface area (Å²) >= 11 is 0. The highest BCUT2D eigenvalue weighted by Crippen LogP contribution is 2.59. The number of carbonyl (C=O) groups excluding carboxylic acids is 2. The van der Waals surface area contributed by atoms with Crippen molar-refractivity contribution >= 4 is 11.8 Å². The summed E-state index contributed by atoms with van der Waals surface area (Å²) in [5.74, 6) is 2.92. The van der Waals surface area contributed by atoms with E-state index in [1.807, 2.05) is 16.7 Å². The van der Waals surface area contributed by atoms with Gasteiger partial charge in [-0.3, -0.25) is 14.5 Å². The fourth-order valence-corrected chi connectivity index (χ4v) is 6.37. The van der Waals surface area contributed by atoms with Crippen LogP contribution < -0.4 is 14.2 Å². The first-order chi connectivity index (χ1) is 18.2. The van der Waals surface area contributed by atoms with Gasteiger partial charge in [-0.2, -0.15) is 0 Å². The zero-order chi connectivity index (χ0) is 27.4. The standard InChI is InChI=1S/C30H45N3O5/c1-7-8-27(34)32-14-11-31(12-15-32)13-16-33(20-21-9-10-23-19-24(21)30(23,2)3)29(35)22-17-25(36-4)28(38-6)26(18-22)37-5/h9,17-18,23-24H,7-8,10-16,19-20H2,1-6H3. The molecule has 2 bridgehead atoms. The molecule has 5 rings (SSSR count). The second-order valence-corrected chi connectivity index (χ2v) is 11.4. The lowest BCUT2D eigenvalue weighted by atomic mass is 9.49. The molecule has 1 aromatic carbocycles. The Hall–Kier alpha value is -2.74. The van der Waals surface area contributed by atoms with E-state index in [0.717, 1.165) is 51.5 Å². The molecule has 3 aliphatic carbocycles. The van der Waals surface area contributed by atoms with Crippen molar-refractivity contribution in [2.24, 2.45) is 17.3 Å². The molecule has 8 heteroatoms. The average molecular weight is 528 g/mol. The molecular weight excluding hydrogens is 482 g/mol. The second kappa shape index (κ2) is 12.0. The molecule has 1 aromatic rings. The van der Waals surface area contributed by atoms with Gasteiger partial charge in [0.1, 0.15) is 0 Å². The zero-order valence-corrected chi connectivity index (χ0v) is 24.0. The summed E-state index contributed by atoms with van der Waals surface area (Å²) in [5, 5.41) is 0. The number of benzene rings is 1. The lowest BCUT2D eigenvalue weighted by Crippen LogP contribution is -2.52. The number of piperazine rings is 1. The van der Waals surface area contributed by atoms with Gasteiger partial charge in [0.2, 0.25) is 11.7 Å². The van der Waals surface area contributed by atoms with Gasteiger partial charge in [0.05, 0.1) is 21.3 Å². The van der Waals surface area contributed by atoms with Gasteiger partial charge in [0.15, 0.2) is 11.5 Å². The van der Waals surface area contributed by atoms with Crippen LogP contribution in [0.3, 0.4) is 0 Å². The fraction of sp³-hybridized carbons (Fsp3) is 0.667. The predicted molar refractivity (Wildman–Crippen MR) is 148 cm³/mol. The first kappa shape index (κ1) is 28.3. The van der Waals surface area contributed by atoms with Crippen molar-refractivity contribution in [3.63, 3.8) is 0 Å². The highest BCUT2D eigenvalue weighted by Gasteiger charge is 2.51. The van der Waals surface area contributed by atoms with Crippen LogP contribution in [0.4, 0.5) is 0 Å². The van der Waals surface area contributed by atoms with E-state index in [-0.39, 0.29) is 11.8 Å². The molecular formula is C30H45N3O5. The summed E-state index contributed by atoms with van der Waals surface area (Å²) in [5.41, 5.74) is 2.21. The van der Waals surface area contributed by atoms with Gasteiger partial charge < -0.3 is 24.0 Å². The highest BCUT2D eigenvalue weighted by atomic mass is 16.5. The molecule has 1 aliphatic heterocycles. The minimum Gasteiger partial charge on any atom is -0.493 e.